The summed E-state index contributed by atoms with van der Waals surface area (Å²) in [5.41, 5.74) is 3.56. The van der Waals surface area contributed by atoms with Gasteiger partial charge in [-0.3, -0.25) is 9.59 Å². The molecule has 6 nitrogen and oxygen atoms in total. The molecule has 32 heavy (non-hydrogen) atoms. The van der Waals surface area contributed by atoms with Crippen molar-refractivity contribution in [2.24, 2.45) is 0 Å². The summed E-state index contributed by atoms with van der Waals surface area (Å²) in [7, 11) is 0. The molecule has 166 valence electrons. The molecule has 0 bridgehead atoms. The molecule has 1 aliphatic heterocycles. The third-order valence-corrected chi connectivity index (χ3v) is 7.77. The first-order valence-corrected chi connectivity index (χ1v) is 12.9. The van der Waals surface area contributed by atoms with Crippen molar-refractivity contribution in [2.75, 3.05) is 42.1 Å². The second kappa shape index (κ2) is 10.5. The maximum Gasteiger partial charge on any atom is 0.253 e. The van der Waals surface area contributed by atoms with Crippen LogP contribution in [-0.4, -0.2) is 53.6 Å². The Morgan fingerprint density at radius 3 is 2.38 bits per heavy atom. The zero-order valence-corrected chi connectivity index (χ0v) is 20.8. The SMILES string of the molecule is Cc1csc(SCC(=O)Nc2ccc(N3CCN(C(=O)c4ccc(Br)cc4)CC3)cc2)n1. The van der Waals surface area contributed by atoms with E-state index in [0.717, 1.165) is 39.0 Å². The minimum absolute atomic E-state index is 0.0457. The van der Waals surface area contributed by atoms with Crippen molar-refractivity contribution in [1.29, 1.82) is 0 Å². The van der Waals surface area contributed by atoms with E-state index in [-0.39, 0.29) is 11.8 Å². The quantitative estimate of drug-likeness (QED) is 0.458. The number of carbonyl (C=O) groups is 2. The fraction of sp³-hybridized carbons (Fsp3) is 0.261. The van der Waals surface area contributed by atoms with E-state index in [4.69, 9.17) is 0 Å². The van der Waals surface area contributed by atoms with Gasteiger partial charge in [0.2, 0.25) is 5.91 Å². The number of nitrogens with one attached hydrogen (secondary N) is 1. The Bertz CT molecular complexity index is 1080. The smallest absolute Gasteiger partial charge is 0.253 e. The Morgan fingerprint density at radius 1 is 1.06 bits per heavy atom. The molecule has 4 rings (SSSR count). The largest absolute Gasteiger partial charge is 0.368 e. The first-order valence-electron chi connectivity index (χ1n) is 10.2. The molecule has 2 amide bonds. The second-order valence-corrected chi connectivity index (χ2v) is 10.4. The maximum atomic E-state index is 12.7. The van der Waals surface area contributed by atoms with Gasteiger partial charge in [0.25, 0.3) is 5.91 Å². The first-order chi connectivity index (χ1) is 15.5. The van der Waals surface area contributed by atoms with Gasteiger partial charge in [-0.2, -0.15) is 0 Å². The van der Waals surface area contributed by atoms with Crippen LogP contribution < -0.4 is 10.2 Å². The van der Waals surface area contributed by atoms with Crippen LogP contribution in [0.4, 0.5) is 11.4 Å². The van der Waals surface area contributed by atoms with Gasteiger partial charge in [0, 0.05) is 58.7 Å². The minimum Gasteiger partial charge on any atom is -0.368 e. The molecule has 0 aliphatic carbocycles. The lowest BCUT2D eigenvalue weighted by molar-refractivity contribution is -0.113. The van der Waals surface area contributed by atoms with E-state index in [9.17, 15) is 9.59 Å². The zero-order valence-electron chi connectivity index (χ0n) is 17.6. The topological polar surface area (TPSA) is 65.5 Å². The maximum absolute atomic E-state index is 12.7. The molecule has 1 saturated heterocycles. The van der Waals surface area contributed by atoms with E-state index in [1.807, 2.05) is 65.7 Å². The molecule has 1 N–H and O–H groups in total. The second-order valence-electron chi connectivity index (χ2n) is 7.42. The Morgan fingerprint density at radius 2 is 1.75 bits per heavy atom. The van der Waals surface area contributed by atoms with Crippen LogP contribution in [0.2, 0.25) is 0 Å². The lowest BCUT2D eigenvalue weighted by Gasteiger charge is -2.36. The minimum atomic E-state index is -0.0457. The average molecular weight is 532 g/mol. The highest BCUT2D eigenvalue weighted by molar-refractivity contribution is 9.10. The van der Waals surface area contributed by atoms with Crippen LogP contribution in [0.3, 0.4) is 0 Å². The normalized spacial score (nSPS) is 13.8. The third-order valence-electron chi connectivity index (χ3n) is 5.10. The number of rotatable bonds is 6. The highest BCUT2D eigenvalue weighted by atomic mass is 79.9. The van der Waals surface area contributed by atoms with Crippen LogP contribution in [0.1, 0.15) is 16.1 Å². The van der Waals surface area contributed by atoms with Gasteiger partial charge in [-0.25, -0.2) is 4.98 Å². The van der Waals surface area contributed by atoms with Gasteiger partial charge in [-0.1, -0.05) is 27.7 Å². The molecule has 1 aliphatic rings. The van der Waals surface area contributed by atoms with Gasteiger partial charge in [0.15, 0.2) is 4.34 Å². The standard InChI is InChI=1S/C23H23BrN4O2S2/c1-16-14-31-23(25-16)32-15-21(29)26-19-6-8-20(9-7-19)27-10-12-28(13-11-27)22(30)17-2-4-18(24)5-3-17/h2-9,14H,10-13,15H2,1H3,(H,26,29). The number of anilines is 2. The monoisotopic (exact) mass is 530 g/mol. The third kappa shape index (κ3) is 5.90. The lowest BCUT2D eigenvalue weighted by Crippen LogP contribution is -2.48. The van der Waals surface area contributed by atoms with E-state index < -0.39 is 0 Å². The predicted octanol–water partition coefficient (Wildman–Crippen LogP) is 4.91. The highest BCUT2D eigenvalue weighted by Gasteiger charge is 2.22. The van der Waals surface area contributed by atoms with Gasteiger partial charge in [0.05, 0.1) is 5.75 Å². The van der Waals surface area contributed by atoms with Crippen LogP contribution >= 0.6 is 39.0 Å². The molecule has 0 radical (unpaired) electrons. The molecular formula is C23H23BrN4O2S2. The highest BCUT2D eigenvalue weighted by Crippen LogP contribution is 2.23. The fourth-order valence-electron chi connectivity index (χ4n) is 3.42. The van der Waals surface area contributed by atoms with E-state index >= 15 is 0 Å². The van der Waals surface area contributed by atoms with Crippen molar-refractivity contribution in [3.63, 3.8) is 0 Å². The van der Waals surface area contributed by atoms with Crippen LogP contribution in [0.25, 0.3) is 0 Å². The summed E-state index contributed by atoms with van der Waals surface area (Å²) < 4.78 is 1.87. The lowest BCUT2D eigenvalue weighted by atomic mass is 10.1. The van der Waals surface area contributed by atoms with Crippen LogP contribution in [0.5, 0.6) is 0 Å². The molecule has 2 heterocycles. The molecule has 9 heteroatoms. The zero-order chi connectivity index (χ0) is 22.5. The summed E-state index contributed by atoms with van der Waals surface area (Å²) in [6, 6.07) is 15.4. The summed E-state index contributed by atoms with van der Waals surface area (Å²) in [6.45, 7) is 4.86. The molecule has 1 fully saturated rings. The summed E-state index contributed by atoms with van der Waals surface area (Å²) in [5.74, 6) is 0.361. The molecular weight excluding hydrogens is 508 g/mol. The first kappa shape index (κ1) is 22.8. The Kier molecular flexibility index (Phi) is 7.49. The van der Waals surface area contributed by atoms with E-state index in [1.54, 1.807) is 11.3 Å². The number of hydrogen-bond acceptors (Lipinski definition) is 6. The van der Waals surface area contributed by atoms with Crippen molar-refractivity contribution in [3.8, 4) is 0 Å². The van der Waals surface area contributed by atoms with E-state index in [2.05, 4.69) is 31.1 Å². The molecule has 2 aromatic carbocycles. The van der Waals surface area contributed by atoms with Gasteiger partial charge in [0.1, 0.15) is 0 Å². The predicted molar refractivity (Wildman–Crippen MR) is 135 cm³/mol. The number of piperazine rings is 1. The van der Waals surface area contributed by atoms with Gasteiger partial charge in [-0.15, -0.1) is 11.3 Å². The number of amides is 2. The Balaban J connectivity index is 1.26. The number of benzene rings is 2. The Hall–Kier alpha value is -2.36. The van der Waals surface area contributed by atoms with Crippen LogP contribution in [0.15, 0.2) is 62.7 Å². The van der Waals surface area contributed by atoms with Gasteiger partial charge in [-0.05, 0) is 55.5 Å². The van der Waals surface area contributed by atoms with Gasteiger partial charge >= 0.3 is 0 Å². The van der Waals surface area contributed by atoms with Crippen molar-refractivity contribution in [2.45, 2.75) is 11.3 Å². The number of aromatic nitrogens is 1. The number of carbonyl (C=O) groups excluding carboxylic acids is 2. The van der Waals surface area contributed by atoms with Crippen molar-refractivity contribution < 1.29 is 9.59 Å². The average Bonchev–Trinajstić information content (AvgIpc) is 3.23. The summed E-state index contributed by atoms with van der Waals surface area (Å²) in [6.07, 6.45) is 0. The van der Waals surface area contributed by atoms with Gasteiger partial charge < -0.3 is 15.1 Å². The van der Waals surface area contributed by atoms with Crippen LogP contribution in [0, 0.1) is 6.92 Å². The van der Waals surface area contributed by atoms with Crippen molar-refractivity contribution in [1.82, 2.24) is 9.88 Å². The summed E-state index contributed by atoms with van der Waals surface area (Å²) in [4.78, 5) is 33.4. The fourth-order valence-corrected chi connectivity index (χ4v) is 5.34. The van der Waals surface area contributed by atoms with Crippen molar-refractivity contribution >= 4 is 62.2 Å². The van der Waals surface area contributed by atoms with E-state index in [1.165, 1.54) is 11.8 Å². The number of thioether (sulfide) groups is 1. The number of nitrogens with zero attached hydrogens (tertiary/aromatic N) is 3. The molecule has 0 unspecified atom stereocenters. The molecule has 0 spiro atoms. The van der Waals surface area contributed by atoms with Crippen molar-refractivity contribution in [3.05, 3.63) is 69.6 Å². The summed E-state index contributed by atoms with van der Waals surface area (Å²) >= 11 is 6.41. The summed E-state index contributed by atoms with van der Waals surface area (Å²) in [5, 5.41) is 4.92. The molecule has 0 saturated carbocycles. The molecule has 3 aromatic rings. The number of thiazole rings is 1. The number of hydrogen-bond donors (Lipinski definition) is 1. The Labute approximate surface area is 204 Å². The van der Waals surface area contributed by atoms with Crippen LogP contribution in [-0.2, 0) is 4.79 Å². The van der Waals surface area contributed by atoms with E-state index in [0.29, 0.717) is 24.4 Å². The number of halogens is 1. The molecule has 0 atom stereocenters. The molecule has 1 aromatic heterocycles. The number of aryl methyl sites for hydroxylation is 1.